The predicted octanol–water partition coefficient (Wildman–Crippen LogP) is 4.55. The maximum Gasteiger partial charge on any atom is 0.234 e. The number of amidine groups is 1. The molecule has 4 rings (SSSR count). The molecule has 0 spiro atoms. The summed E-state index contributed by atoms with van der Waals surface area (Å²) >= 11 is 4.84. The average Bonchev–Trinajstić information content (AvgIpc) is 3.12. The SMILES string of the molecule is O=C(CSC1=Nc2ccccc2C2CC=NN12)Nc1ccccc1Br. The van der Waals surface area contributed by atoms with Gasteiger partial charge in [-0.25, -0.2) is 10.0 Å². The standard InChI is InChI=1S/C18H15BrN4OS/c19-13-6-2-4-8-15(13)21-17(24)11-25-18-22-14-7-3-1-5-12(14)16-9-10-20-23(16)18/h1-8,10,16H,9,11H2,(H,21,24). The lowest BCUT2D eigenvalue weighted by Gasteiger charge is -2.29. The molecule has 7 heteroatoms. The van der Waals surface area contributed by atoms with E-state index in [1.807, 2.05) is 53.7 Å². The first-order valence-electron chi connectivity index (χ1n) is 7.89. The molecule has 2 aliphatic heterocycles. The van der Waals surface area contributed by atoms with E-state index in [9.17, 15) is 4.79 Å². The predicted molar refractivity (Wildman–Crippen MR) is 106 cm³/mol. The summed E-state index contributed by atoms with van der Waals surface area (Å²) in [6.45, 7) is 0. The highest BCUT2D eigenvalue weighted by Gasteiger charge is 2.32. The molecule has 0 fully saturated rings. The fraction of sp³-hybridized carbons (Fsp3) is 0.167. The van der Waals surface area contributed by atoms with Crippen molar-refractivity contribution in [2.45, 2.75) is 12.5 Å². The molecule has 0 bridgehead atoms. The fourth-order valence-corrected chi connectivity index (χ4v) is 4.05. The first-order valence-corrected chi connectivity index (χ1v) is 9.67. The summed E-state index contributed by atoms with van der Waals surface area (Å²) < 4.78 is 0.862. The second-order valence-electron chi connectivity index (χ2n) is 5.66. The third-order valence-corrected chi connectivity index (χ3v) is 5.65. The summed E-state index contributed by atoms with van der Waals surface area (Å²) in [5, 5.41) is 10.0. The van der Waals surface area contributed by atoms with Gasteiger partial charge in [0.1, 0.15) is 0 Å². The van der Waals surface area contributed by atoms with Crippen LogP contribution in [0.25, 0.3) is 0 Å². The molecule has 2 aromatic rings. The lowest BCUT2D eigenvalue weighted by Crippen LogP contribution is -2.29. The number of para-hydroxylation sites is 2. The highest BCUT2D eigenvalue weighted by molar-refractivity contribution is 9.10. The van der Waals surface area contributed by atoms with Crippen LogP contribution in [0.1, 0.15) is 18.0 Å². The van der Waals surface area contributed by atoms with Crippen molar-refractivity contribution in [2.75, 3.05) is 11.1 Å². The number of nitrogens with one attached hydrogen (secondary N) is 1. The Morgan fingerprint density at radius 1 is 1.24 bits per heavy atom. The lowest BCUT2D eigenvalue weighted by molar-refractivity contribution is -0.113. The van der Waals surface area contributed by atoms with Crippen molar-refractivity contribution < 1.29 is 4.79 Å². The topological polar surface area (TPSA) is 57.1 Å². The maximum absolute atomic E-state index is 12.3. The number of carbonyl (C=O) groups is 1. The number of carbonyl (C=O) groups excluding carboxylic acids is 1. The average molecular weight is 415 g/mol. The van der Waals surface area contributed by atoms with Crippen molar-refractivity contribution in [3.05, 3.63) is 58.6 Å². The van der Waals surface area contributed by atoms with Crippen LogP contribution in [-0.2, 0) is 4.79 Å². The van der Waals surface area contributed by atoms with Crippen molar-refractivity contribution in [2.24, 2.45) is 10.1 Å². The molecule has 0 saturated carbocycles. The molecule has 2 aliphatic rings. The van der Waals surface area contributed by atoms with Gasteiger partial charge in [0.15, 0.2) is 5.17 Å². The second-order valence-corrected chi connectivity index (χ2v) is 7.46. The smallest absolute Gasteiger partial charge is 0.234 e. The van der Waals surface area contributed by atoms with Gasteiger partial charge < -0.3 is 5.32 Å². The van der Waals surface area contributed by atoms with Crippen LogP contribution in [0.2, 0.25) is 0 Å². The van der Waals surface area contributed by atoms with Crippen LogP contribution in [0.3, 0.4) is 0 Å². The van der Waals surface area contributed by atoms with E-state index in [0.717, 1.165) is 27.4 Å². The first-order chi connectivity index (χ1) is 12.2. The minimum atomic E-state index is -0.0711. The summed E-state index contributed by atoms with van der Waals surface area (Å²) in [7, 11) is 0. The summed E-state index contributed by atoms with van der Waals surface area (Å²) in [6, 6.07) is 15.8. The number of halogens is 1. The molecule has 1 atom stereocenters. The molecule has 1 amide bonds. The molecular weight excluding hydrogens is 400 g/mol. The van der Waals surface area contributed by atoms with Crippen LogP contribution in [0.15, 0.2) is 63.1 Å². The molecule has 5 nitrogen and oxygen atoms in total. The van der Waals surface area contributed by atoms with Crippen molar-refractivity contribution in [1.82, 2.24) is 5.01 Å². The van der Waals surface area contributed by atoms with Crippen molar-refractivity contribution in [3.8, 4) is 0 Å². The zero-order valence-corrected chi connectivity index (χ0v) is 15.6. The Morgan fingerprint density at radius 2 is 2.04 bits per heavy atom. The third kappa shape index (κ3) is 3.34. The third-order valence-electron chi connectivity index (χ3n) is 4.02. The zero-order chi connectivity index (χ0) is 17.2. The van der Waals surface area contributed by atoms with Gasteiger partial charge in [-0.15, -0.1) is 0 Å². The number of hydrogen-bond acceptors (Lipinski definition) is 5. The summed E-state index contributed by atoms with van der Waals surface area (Å²) in [4.78, 5) is 17.0. The second kappa shape index (κ2) is 7.01. The Balaban J connectivity index is 1.47. The molecule has 2 aromatic carbocycles. The normalized spacial score (nSPS) is 17.7. The maximum atomic E-state index is 12.3. The molecule has 0 aromatic heterocycles. The van der Waals surface area contributed by atoms with Crippen LogP contribution in [0.5, 0.6) is 0 Å². The van der Waals surface area contributed by atoms with E-state index in [1.54, 1.807) is 0 Å². The summed E-state index contributed by atoms with van der Waals surface area (Å²) in [5.74, 6) is 0.208. The molecular formula is C18H15BrN4OS. The van der Waals surface area contributed by atoms with Gasteiger partial charge in [0.2, 0.25) is 5.91 Å². The van der Waals surface area contributed by atoms with Gasteiger partial charge >= 0.3 is 0 Å². The van der Waals surface area contributed by atoms with E-state index in [1.165, 1.54) is 17.3 Å². The number of amides is 1. The largest absolute Gasteiger partial charge is 0.324 e. The van der Waals surface area contributed by atoms with E-state index >= 15 is 0 Å². The minimum Gasteiger partial charge on any atom is -0.324 e. The Hall–Kier alpha value is -2.12. The Morgan fingerprint density at radius 3 is 2.92 bits per heavy atom. The van der Waals surface area contributed by atoms with Gasteiger partial charge in [-0.1, -0.05) is 42.1 Å². The Bertz CT molecular complexity index is 883. The summed E-state index contributed by atoms with van der Waals surface area (Å²) in [5.41, 5.74) is 2.91. The Kier molecular flexibility index (Phi) is 4.59. The highest BCUT2D eigenvalue weighted by Crippen LogP contribution is 2.40. The number of fused-ring (bicyclic) bond motifs is 3. The molecule has 25 heavy (non-hydrogen) atoms. The van der Waals surface area contributed by atoms with E-state index in [-0.39, 0.29) is 17.7 Å². The number of benzene rings is 2. The lowest BCUT2D eigenvalue weighted by atomic mass is 10.0. The molecule has 0 aliphatic carbocycles. The first kappa shape index (κ1) is 16.4. The number of anilines is 1. The molecule has 0 radical (unpaired) electrons. The van der Waals surface area contributed by atoms with Crippen molar-refractivity contribution in [3.63, 3.8) is 0 Å². The van der Waals surface area contributed by atoms with Gasteiger partial charge in [-0.05, 0) is 34.1 Å². The van der Waals surface area contributed by atoms with Crippen molar-refractivity contribution >= 4 is 56.4 Å². The summed E-state index contributed by atoms with van der Waals surface area (Å²) in [6.07, 6.45) is 2.77. The number of aliphatic imine (C=N–C) groups is 1. The van der Waals surface area contributed by atoms with Gasteiger partial charge in [-0.2, -0.15) is 5.10 Å². The molecule has 126 valence electrons. The van der Waals surface area contributed by atoms with E-state index in [0.29, 0.717) is 0 Å². The van der Waals surface area contributed by atoms with Crippen LogP contribution < -0.4 is 5.32 Å². The van der Waals surface area contributed by atoms with Gasteiger partial charge in [0.25, 0.3) is 0 Å². The Labute approximate surface area is 158 Å². The number of rotatable bonds is 3. The fourth-order valence-electron chi connectivity index (χ4n) is 2.86. The minimum absolute atomic E-state index is 0.0711. The number of hydrogen-bond donors (Lipinski definition) is 1. The number of hydrazone groups is 1. The van der Waals surface area contributed by atoms with Gasteiger partial charge in [-0.3, -0.25) is 4.79 Å². The molecule has 2 heterocycles. The van der Waals surface area contributed by atoms with Gasteiger partial charge in [0, 0.05) is 22.7 Å². The van der Waals surface area contributed by atoms with Gasteiger partial charge in [0.05, 0.1) is 23.2 Å². The van der Waals surface area contributed by atoms with E-state index in [4.69, 9.17) is 0 Å². The van der Waals surface area contributed by atoms with E-state index < -0.39 is 0 Å². The highest BCUT2D eigenvalue weighted by atomic mass is 79.9. The number of nitrogens with zero attached hydrogens (tertiary/aromatic N) is 3. The van der Waals surface area contributed by atoms with Crippen LogP contribution in [0.4, 0.5) is 11.4 Å². The molecule has 1 unspecified atom stereocenters. The quantitative estimate of drug-likeness (QED) is 0.800. The monoisotopic (exact) mass is 414 g/mol. The molecule has 0 saturated heterocycles. The van der Waals surface area contributed by atoms with Crippen LogP contribution >= 0.6 is 27.7 Å². The van der Waals surface area contributed by atoms with E-state index in [2.05, 4.69) is 37.4 Å². The number of thioether (sulfide) groups is 1. The molecule has 1 N–H and O–H groups in total. The zero-order valence-electron chi connectivity index (χ0n) is 13.2. The van der Waals surface area contributed by atoms with Crippen molar-refractivity contribution in [1.29, 1.82) is 0 Å². The van der Waals surface area contributed by atoms with Crippen LogP contribution in [-0.4, -0.2) is 28.1 Å². The van der Waals surface area contributed by atoms with Crippen LogP contribution in [0, 0.1) is 0 Å².